The monoisotopic (exact) mass is 398 g/mol. The number of benzene rings is 1. The number of hydrogen-bond acceptors (Lipinski definition) is 5. The van der Waals surface area contributed by atoms with Gasteiger partial charge in [0.15, 0.2) is 0 Å². The molecule has 0 unspecified atom stereocenters. The summed E-state index contributed by atoms with van der Waals surface area (Å²) in [7, 11) is -3.63. The van der Waals surface area contributed by atoms with Crippen LogP contribution in [0.15, 0.2) is 53.1 Å². The second-order valence-electron chi connectivity index (χ2n) is 7.12. The molecule has 0 aliphatic carbocycles. The van der Waals surface area contributed by atoms with Crippen molar-refractivity contribution in [2.24, 2.45) is 0 Å². The molecular formula is C20H22N4O3S. The number of carbonyl (C=O) groups excluding carboxylic acids is 1. The Morgan fingerprint density at radius 3 is 2.46 bits per heavy atom. The fourth-order valence-electron chi connectivity index (χ4n) is 3.65. The zero-order valence-electron chi connectivity index (χ0n) is 15.8. The van der Waals surface area contributed by atoms with Crippen molar-refractivity contribution < 1.29 is 13.2 Å². The van der Waals surface area contributed by atoms with Crippen LogP contribution in [0.4, 0.5) is 11.5 Å². The molecule has 1 aromatic carbocycles. The van der Waals surface area contributed by atoms with E-state index in [0.717, 1.165) is 11.4 Å². The summed E-state index contributed by atoms with van der Waals surface area (Å²) in [4.78, 5) is 18.8. The molecule has 0 bridgehead atoms. The Balaban J connectivity index is 1.57. The van der Waals surface area contributed by atoms with Gasteiger partial charge in [-0.25, -0.2) is 13.4 Å². The van der Waals surface area contributed by atoms with Crippen molar-refractivity contribution >= 4 is 33.0 Å². The van der Waals surface area contributed by atoms with Gasteiger partial charge in [0.2, 0.25) is 10.0 Å². The Kier molecular flexibility index (Phi) is 4.68. The third-order valence-electron chi connectivity index (χ3n) is 5.09. The molecule has 1 saturated heterocycles. The second-order valence-corrected chi connectivity index (χ2v) is 9.05. The number of nitrogens with zero attached hydrogens (tertiary/aromatic N) is 3. The van der Waals surface area contributed by atoms with E-state index in [4.69, 9.17) is 0 Å². The topological polar surface area (TPSA) is 82.6 Å². The molecule has 0 atom stereocenters. The molecule has 2 aliphatic heterocycles. The molecule has 2 aliphatic rings. The lowest BCUT2D eigenvalue weighted by atomic mass is 10.0. The lowest BCUT2D eigenvalue weighted by Gasteiger charge is -2.34. The Bertz CT molecular complexity index is 1050. The Labute approximate surface area is 164 Å². The summed E-state index contributed by atoms with van der Waals surface area (Å²) in [6.07, 6.45) is 1.74. The Hall–Kier alpha value is -2.71. The van der Waals surface area contributed by atoms with Gasteiger partial charge < -0.3 is 10.2 Å². The maximum atomic E-state index is 13.2. The predicted octanol–water partition coefficient (Wildman–Crippen LogP) is 2.34. The van der Waals surface area contributed by atoms with E-state index in [-0.39, 0.29) is 10.8 Å². The van der Waals surface area contributed by atoms with Crippen molar-refractivity contribution in [1.29, 1.82) is 0 Å². The molecule has 0 saturated carbocycles. The van der Waals surface area contributed by atoms with Crippen LogP contribution in [-0.2, 0) is 14.8 Å². The number of carbonyl (C=O) groups is 1. The molecule has 2 aromatic rings. The summed E-state index contributed by atoms with van der Waals surface area (Å²) >= 11 is 0. The van der Waals surface area contributed by atoms with Crippen molar-refractivity contribution in [3.05, 3.63) is 53.7 Å². The van der Waals surface area contributed by atoms with Gasteiger partial charge in [0.25, 0.3) is 5.91 Å². The van der Waals surface area contributed by atoms with Crippen LogP contribution in [0.1, 0.15) is 19.4 Å². The Morgan fingerprint density at radius 1 is 1.07 bits per heavy atom. The first-order valence-corrected chi connectivity index (χ1v) is 10.6. The van der Waals surface area contributed by atoms with Crippen molar-refractivity contribution in [2.45, 2.75) is 18.7 Å². The number of amides is 1. The van der Waals surface area contributed by atoms with Gasteiger partial charge in [-0.3, -0.25) is 4.79 Å². The van der Waals surface area contributed by atoms with Gasteiger partial charge >= 0.3 is 0 Å². The van der Waals surface area contributed by atoms with Gasteiger partial charge in [0, 0.05) is 49.2 Å². The van der Waals surface area contributed by atoms with E-state index in [1.165, 1.54) is 4.31 Å². The first kappa shape index (κ1) is 18.6. The first-order chi connectivity index (χ1) is 13.4. The lowest BCUT2D eigenvalue weighted by Crippen LogP contribution is -2.48. The molecule has 8 heteroatoms. The van der Waals surface area contributed by atoms with Gasteiger partial charge in [-0.1, -0.05) is 11.6 Å². The van der Waals surface area contributed by atoms with Crippen molar-refractivity contribution in [1.82, 2.24) is 9.29 Å². The highest BCUT2D eigenvalue weighted by molar-refractivity contribution is 7.89. The van der Waals surface area contributed by atoms with Crippen LogP contribution < -0.4 is 10.2 Å². The minimum absolute atomic E-state index is 0.187. The second kappa shape index (κ2) is 7.03. The molecule has 146 valence electrons. The number of sulfonamides is 1. The van der Waals surface area contributed by atoms with E-state index in [1.54, 1.807) is 24.4 Å². The summed E-state index contributed by atoms with van der Waals surface area (Å²) in [5.74, 6) is 0.670. The van der Waals surface area contributed by atoms with E-state index < -0.39 is 10.0 Å². The highest BCUT2D eigenvalue weighted by Crippen LogP contribution is 2.36. The van der Waals surface area contributed by atoms with Crippen molar-refractivity contribution in [2.75, 3.05) is 36.4 Å². The molecule has 1 N–H and O–H groups in total. The number of allylic oxidation sites excluding steroid dienone is 1. The van der Waals surface area contributed by atoms with Gasteiger partial charge in [-0.2, -0.15) is 4.31 Å². The minimum Gasteiger partial charge on any atom is -0.354 e. The molecule has 1 amide bonds. The van der Waals surface area contributed by atoms with Gasteiger partial charge in [-0.15, -0.1) is 0 Å². The lowest BCUT2D eigenvalue weighted by molar-refractivity contribution is -0.110. The number of piperazine rings is 1. The number of pyridine rings is 1. The van der Waals surface area contributed by atoms with Gasteiger partial charge in [0.05, 0.1) is 4.90 Å². The molecule has 0 radical (unpaired) electrons. The van der Waals surface area contributed by atoms with Crippen LogP contribution in [0.5, 0.6) is 0 Å². The largest absolute Gasteiger partial charge is 0.354 e. The van der Waals surface area contributed by atoms with Crippen LogP contribution in [0, 0.1) is 0 Å². The fraction of sp³-hybridized carbons (Fsp3) is 0.300. The van der Waals surface area contributed by atoms with Crippen LogP contribution in [0.2, 0.25) is 0 Å². The molecule has 7 nitrogen and oxygen atoms in total. The highest BCUT2D eigenvalue weighted by atomic mass is 32.2. The zero-order chi connectivity index (χ0) is 19.9. The molecular weight excluding hydrogens is 376 g/mol. The van der Waals surface area contributed by atoms with E-state index in [0.29, 0.717) is 43.0 Å². The van der Waals surface area contributed by atoms with Crippen LogP contribution in [0.25, 0.3) is 5.57 Å². The molecule has 1 fully saturated rings. The van der Waals surface area contributed by atoms with Gasteiger partial charge in [-0.05, 0) is 44.2 Å². The summed E-state index contributed by atoms with van der Waals surface area (Å²) < 4.78 is 27.8. The SMILES string of the molecule is CC(C)=C1C(=O)Nc2ccc(S(=O)(=O)N3CCN(c4ccccn4)CC3)cc21. The third kappa shape index (κ3) is 3.18. The van der Waals surface area contributed by atoms with E-state index in [1.807, 2.05) is 32.0 Å². The molecule has 28 heavy (non-hydrogen) atoms. The molecule has 0 spiro atoms. The maximum absolute atomic E-state index is 13.2. The van der Waals surface area contributed by atoms with Crippen LogP contribution in [0.3, 0.4) is 0 Å². The predicted molar refractivity (Wildman–Crippen MR) is 109 cm³/mol. The standard InChI is InChI=1S/C20H22N4O3S/c1-14(2)19-16-13-15(6-7-17(16)22-20(19)25)28(26,27)24-11-9-23(10-12-24)18-5-3-4-8-21-18/h3-8,13H,9-12H2,1-2H3,(H,22,25). The molecule has 1 aromatic heterocycles. The highest BCUT2D eigenvalue weighted by Gasteiger charge is 2.32. The van der Waals surface area contributed by atoms with E-state index >= 15 is 0 Å². The molecule has 4 rings (SSSR count). The summed E-state index contributed by atoms with van der Waals surface area (Å²) in [5.41, 5.74) is 2.71. The minimum atomic E-state index is -3.63. The van der Waals surface area contributed by atoms with Crippen molar-refractivity contribution in [3.8, 4) is 0 Å². The maximum Gasteiger partial charge on any atom is 0.256 e. The van der Waals surface area contributed by atoms with Gasteiger partial charge in [0.1, 0.15) is 5.82 Å². The average Bonchev–Trinajstić information content (AvgIpc) is 3.04. The quantitative estimate of drug-likeness (QED) is 0.803. The smallest absolute Gasteiger partial charge is 0.256 e. The average molecular weight is 398 g/mol. The van der Waals surface area contributed by atoms with E-state index in [9.17, 15) is 13.2 Å². The van der Waals surface area contributed by atoms with Crippen LogP contribution >= 0.6 is 0 Å². The summed E-state index contributed by atoms with van der Waals surface area (Å²) in [6.45, 7) is 5.65. The number of nitrogens with one attached hydrogen (secondary N) is 1. The first-order valence-electron chi connectivity index (χ1n) is 9.17. The summed E-state index contributed by atoms with van der Waals surface area (Å²) in [5, 5.41) is 2.79. The van der Waals surface area contributed by atoms with E-state index in [2.05, 4.69) is 15.2 Å². The third-order valence-corrected chi connectivity index (χ3v) is 6.98. The Morgan fingerprint density at radius 2 is 1.82 bits per heavy atom. The number of hydrogen-bond donors (Lipinski definition) is 1. The van der Waals surface area contributed by atoms with Crippen molar-refractivity contribution in [3.63, 3.8) is 0 Å². The molecule has 3 heterocycles. The normalized spacial score (nSPS) is 17.4. The number of rotatable bonds is 3. The van der Waals surface area contributed by atoms with Crippen LogP contribution in [-0.4, -0.2) is 49.8 Å². The summed E-state index contributed by atoms with van der Waals surface area (Å²) in [6, 6.07) is 10.5. The number of anilines is 2. The fourth-order valence-corrected chi connectivity index (χ4v) is 5.10. The number of aromatic nitrogens is 1. The zero-order valence-corrected chi connectivity index (χ0v) is 16.7. The number of fused-ring (bicyclic) bond motifs is 1.